The number of aliphatic imine (C=N–C) groups is 1. The van der Waals surface area contributed by atoms with Crippen LogP contribution in [0.1, 0.15) is 15.9 Å². The first-order chi connectivity index (χ1) is 10.9. The van der Waals surface area contributed by atoms with Crippen LogP contribution in [0.2, 0.25) is 0 Å². The van der Waals surface area contributed by atoms with Crippen LogP contribution in [0, 0.1) is 10.1 Å². The maximum atomic E-state index is 11.1. The lowest BCUT2D eigenvalue weighted by atomic mass is 10.1. The smallest absolute Gasteiger partial charge is 0.293 e. The van der Waals surface area contributed by atoms with Gasteiger partial charge in [-0.25, -0.2) is 0 Å². The standard InChI is InChI=1S/C16H15N3O4/c1-18(2)14-8-7-11(9-15(14)19(22)23)10-17-13-6-4-3-5-12(13)16(20)21/h3-10H,1-2H3,(H,20,21)/p-1. The van der Waals surface area contributed by atoms with E-state index in [9.17, 15) is 20.0 Å². The Hall–Kier alpha value is -3.22. The Morgan fingerprint density at radius 1 is 1.22 bits per heavy atom. The van der Waals surface area contributed by atoms with Crippen LogP contribution in [-0.2, 0) is 0 Å². The van der Waals surface area contributed by atoms with Gasteiger partial charge in [0.1, 0.15) is 5.69 Å². The van der Waals surface area contributed by atoms with E-state index < -0.39 is 10.9 Å². The summed E-state index contributed by atoms with van der Waals surface area (Å²) in [5, 5.41) is 22.2. The molecule has 2 aromatic carbocycles. The number of hydrogen-bond donors (Lipinski definition) is 0. The molecule has 23 heavy (non-hydrogen) atoms. The van der Waals surface area contributed by atoms with Gasteiger partial charge >= 0.3 is 0 Å². The van der Waals surface area contributed by atoms with Gasteiger partial charge in [0, 0.05) is 31.9 Å². The zero-order chi connectivity index (χ0) is 17.0. The van der Waals surface area contributed by atoms with E-state index in [-0.39, 0.29) is 16.9 Å². The highest BCUT2D eigenvalue weighted by molar-refractivity contribution is 5.94. The van der Waals surface area contributed by atoms with Crippen molar-refractivity contribution in [2.75, 3.05) is 19.0 Å². The average molecular weight is 312 g/mol. The minimum Gasteiger partial charge on any atom is -0.545 e. The van der Waals surface area contributed by atoms with Crippen molar-refractivity contribution in [3.05, 3.63) is 63.7 Å². The van der Waals surface area contributed by atoms with Gasteiger partial charge in [0.25, 0.3) is 5.69 Å². The number of rotatable bonds is 5. The second-order valence-corrected chi connectivity index (χ2v) is 4.96. The number of carboxylic acid groups (broad SMARTS) is 1. The number of hydrogen-bond acceptors (Lipinski definition) is 6. The Labute approximate surface area is 132 Å². The Morgan fingerprint density at radius 2 is 1.91 bits per heavy atom. The summed E-state index contributed by atoms with van der Waals surface area (Å²) in [6.45, 7) is 0. The van der Waals surface area contributed by atoms with Crippen LogP contribution in [0.15, 0.2) is 47.5 Å². The fourth-order valence-electron chi connectivity index (χ4n) is 2.05. The number of nitro groups is 1. The third kappa shape index (κ3) is 3.70. The summed E-state index contributed by atoms with van der Waals surface area (Å²) in [5.41, 5.74) is 1.11. The Morgan fingerprint density at radius 3 is 2.52 bits per heavy atom. The van der Waals surface area contributed by atoms with Crippen molar-refractivity contribution < 1.29 is 14.8 Å². The second-order valence-electron chi connectivity index (χ2n) is 4.96. The molecule has 7 heteroatoms. The van der Waals surface area contributed by atoms with Gasteiger partial charge in [-0.1, -0.05) is 24.3 Å². The number of carbonyl (C=O) groups excluding carboxylic acids is 1. The topological polar surface area (TPSA) is 98.9 Å². The summed E-state index contributed by atoms with van der Waals surface area (Å²) < 4.78 is 0. The largest absolute Gasteiger partial charge is 0.545 e. The summed E-state index contributed by atoms with van der Waals surface area (Å²) in [5.74, 6) is -1.33. The number of benzene rings is 2. The highest BCUT2D eigenvalue weighted by Gasteiger charge is 2.15. The number of carbonyl (C=O) groups is 1. The van der Waals surface area contributed by atoms with Gasteiger partial charge in [-0.05, 0) is 17.7 Å². The number of para-hydroxylation sites is 1. The van der Waals surface area contributed by atoms with Crippen molar-refractivity contribution >= 4 is 29.2 Å². The number of nitro benzene ring substituents is 1. The fraction of sp³-hybridized carbons (Fsp3) is 0.125. The maximum absolute atomic E-state index is 11.1. The highest BCUT2D eigenvalue weighted by atomic mass is 16.6. The monoisotopic (exact) mass is 312 g/mol. The van der Waals surface area contributed by atoms with Gasteiger partial charge < -0.3 is 14.8 Å². The lowest BCUT2D eigenvalue weighted by molar-refractivity contribution is -0.384. The molecule has 0 radical (unpaired) electrons. The van der Waals surface area contributed by atoms with E-state index in [0.717, 1.165) is 0 Å². The number of anilines is 1. The van der Waals surface area contributed by atoms with Gasteiger partial charge in [0.15, 0.2) is 0 Å². The van der Waals surface area contributed by atoms with Gasteiger partial charge in [-0.15, -0.1) is 0 Å². The molecule has 0 unspecified atom stereocenters. The molecule has 2 rings (SSSR count). The normalized spacial score (nSPS) is 10.7. The van der Waals surface area contributed by atoms with E-state index in [0.29, 0.717) is 11.3 Å². The summed E-state index contributed by atoms with van der Waals surface area (Å²) in [6, 6.07) is 10.8. The molecule has 0 atom stereocenters. The molecule has 0 fully saturated rings. The summed E-state index contributed by atoms with van der Waals surface area (Å²) in [6.07, 6.45) is 1.38. The Kier molecular flexibility index (Phi) is 4.70. The molecule has 0 saturated carbocycles. The highest BCUT2D eigenvalue weighted by Crippen LogP contribution is 2.27. The molecule has 0 heterocycles. The van der Waals surface area contributed by atoms with E-state index in [4.69, 9.17) is 0 Å². The predicted octanol–water partition coefficient (Wildman–Crippen LogP) is 1.77. The van der Waals surface area contributed by atoms with Crippen LogP contribution < -0.4 is 10.0 Å². The maximum Gasteiger partial charge on any atom is 0.293 e. The average Bonchev–Trinajstić information content (AvgIpc) is 2.52. The molecule has 0 spiro atoms. The summed E-state index contributed by atoms with van der Waals surface area (Å²) in [4.78, 5) is 27.4. The SMILES string of the molecule is CN(C)c1ccc(C=Nc2ccccc2C(=O)[O-])cc1[N+](=O)[O-]. The fourth-order valence-corrected chi connectivity index (χ4v) is 2.05. The molecule has 0 bridgehead atoms. The first-order valence-corrected chi connectivity index (χ1v) is 6.70. The number of aromatic carboxylic acids is 1. The second kappa shape index (κ2) is 6.69. The van der Waals surface area contributed by atoms with Crippen LogP contribution in [0.4, 0.5) is 17.1 Å². The summed E-state index contributed by atoms with van der Waals surface area (Å²) in [7, 11) is 3.43. The van der Waals surface area contributed by atoms with Crippen LogP contribution in [0.3, 0.4) is 0 Å². The first kappa shape index (κ1) is 16.2. The molecule has 2 aromatic rings. The van der Waals surface area contributed by atoms with Crippen molar-refractivity contribution in [2.45, 2.75) is 0 Å². The molecule has 118 valence electrons. The third-order valence-electron chi connectivity index (χ3n) is 3.15. The van der Waals surface area contributed by atoms with E-state index >= 15 is 0 Å². The van der Waals surface area contributed by atoms with E-state index in [1.807, 2.05) is 0 Å². The molecule has 0 saturated heterocycles. The minimum absolute atomic E-state index is 0.0387. The van der Waals surface area contributed by atoms with Gasteiger partial charge in [-0.2, -0.15) is 0 Å². The van der Waals surface area contributed by atoms with Crippen LogP contribution in [0.25, 0.3) is 0 Å². The predicted molar refractivity (Wildman–Crippen MR) is 85.4 cm³/mol. The van der Waals surface area contributed by atoms with Crippen molar-refractivity contribution in [3.63, 3.8) is 0 Å². The molecule has 7 nitrogen and oxygen atoms in total. The van der Waals surface area contributed by atoms with Gasteiger partial charge in [0.2, 0.25) is 0 Å². The van der Waals surface area contributed by atoms with E-state index in [1.165, 1.54) is 24.4 Å². The molecule has 0 amide bonds. The number of carboxylic acids is 1. The molecule has 0 aliphatic carbocycles. The molecule has 0 aliphatic rings. The Bertz CT molecular complexity index is 785. The van der Waals surface area contributed by atoms with E-state index in [2.05, 4.69) is 4.99 Å². The van der Waals surface area contributed by atoms with E-state index in [1.54, 1.807) is 43.3 Å². The van der Waals surface area contributed by atoms with Crippen molar-refractivity contribution in [2.24, 2.45) is 4.99 Å². The van der Waals surface area contributed by atoms with Crippen molar-refractivity contribution in [3.8, 4) is 0 Å². The first-order valence-electron chi connectivity index (χ1n) is 6.70. The van der Waals surface area contributed by atoms with Crippen molar-refractivity contribution in [1.82, 2.24) is 0 Å². The molecular weight excluding hydrogens is 298 g/mol. The van der Waals surface area contributed by atoms with Crippen molar-refractivity contribution in [1.29, 1.82) is 0 Å². The Balaban J connectivity index is 2.39. The molecular formula is C16H14N3O4-. The summed E-state index contributed by atoms with van der Waals surface area (Å²) >= 11 is 0. The molecule has 0 N–H and O–H groups in total. The van der Waals surface area contributed by atoms with Gasteiger partial charge in [0.05, 0.1) is 16.6 Å². The zero-order valence-electron chi connectivity index (χ0n) is 12.6. The minimum atomic E-state index is -1.33. The zero-order valence-corrected chi connectivity index (χ0v) is 12.6. The number of nitrogens with zero attached hydrogens (tertiary/aromatic N) is 3. The molecule has 0 aliphatic heterocycles. The van der Waals surface area contributed by atoms with Crippen LogP contribution >= 0.6 is 0 Å². The van der Waals surface area contributed by atoms with Gasteiger partial charge in [-0.3, -0.25) is 15.1 Å². The quantitative estimate of drug-likeness (QED) is 0.476. The van der Waals surface area contributed by atoms with Crippen LogP contribution in [0.5, 0.6) is 0 Å². The lowest BCUT2D eigenvalue weighted by Gasteiger charge is -2.12. The molecule has 0 aromatic heterocycles. The third-order valence-corrected chi connectivity index (χ3v) is 3.15. The lowest BCUT2D eigenvalue weighted by Crippen LogP contribution is -2.22. The van der Waals surface area contributed by atoms with Crippen LogP contribution in [-0.4, -0.2) is 31.2 Å².